The van der Waals surface area contributed by atoms with Crippen LogP contribution in [0.4, 0.5) is 0 Å². The van der Waals surface area contributed by atoms with E-state index < -0.39 is 28.8 Å². The number of hydrogen-bond donors (Lipinski definition) is 1. The Balaban J connectivity index is 3.68. The van der Waals surface area contributed by atoms with Crippen LogP contribution in [0, 0.1) is 5.92 Å². The summed E-state index contributed by atoms with van der Waals surface area (Å²) in [5, 5.41) is 0. The van der Waals surface area contributed by atoms with Gasteiger partial charge in [-0.1, -0.05) is 13.8 Å². The smallest absolute Gasteiger partial charge is 0.448 e. The third-order valence-corrected chi connectivity index (χ3v) is 2.32. The van der Waals surface area contributed by atoms with Crippen molar-refractivity contribution in [2.24, 2.45) is 5.92 Å². The number of carbonyl (C=O) groups excluding carboxylic acids is 2. The van der Waals surface area contributed by atoms with Crippen molar-refractivity contribution < 1.29 is 31.5 Å². The molecule has 0 fully saturated rings. The Morgan fingerprint density at radius 3 is 2.22 bits per heavy atom. The molecule has 0 aromatic rings. The van der Waals surface area contributed by atoms with Gasteiger partial charge in [0.25, 0.3) is 0 Å². The van der Waals surface area contributed by atoms with Gasteiger partial charge >= 0.3 is 22.3 Å². The van der Waals surface area contributed by atoms with E-state index in [1.807, 2.05) is 13.8 Å². The summed E-state index contributed by atoms with van der Waals surface area (Å²) in [5.74, 6) is -1.28. The van der Waals surface area contributed by atoms with E-state index in [1.54, 1.807) is 0 Å². The minimum absolute atomic E-state index is 0.268. The van der Waals surface area contributed by atoms with Crippen molar-refractivity contribution in [3.8, 4) is 0 Å². The van der Waals surface area contributed by atoms with E-state index in [4.69, 9.17) is 9.29 Å². The van der Waals surface area contributed by atoms with E-state index in [9.17, 15) is 18.0 Å². The van der Waals surface area contributed by atoms with Crippen LogP contribution in [0.15, 0.2) is 0 Å². The van der Waals surface area contributed by atoms with Crippen molar-refractivity contribution in [2.45, 2.75) is 39.5 Å². The van der Waals surface area contributed by atoms with Gasteiger partial charge in [0.15, 0.2) is 0 Å². The predicted molar refractivity (Wildman–Crippen MR) is 61.9 cm³/mol. The molecule has 0 bridgehead atoms. The van der Waals surface area contributed by atoms with Crippen molar-refractivity contribution in [3.63, 3.8) is 0 Å². The van der Waals surface area contributed by atoms with Gasteiger partial charge in [0.05, 0.1) is 19.4 Å². The quantitative estimate of drug-likeness (QED) is 0.403. The Morgan fingerprint density at radius 1 is 1.17 bits per heavy atom. The van der Waals surface area contributed by atoms with Crippen molar-refractivity contribution in [3.05, 3.63) is 0 Å². The first-order chi connectivity index (χ1) is 8.20. The summed E-state index contributed by atoms with van der Waals surface area (Å²) < 4.78 is 36.9. The third-order valence-electron chi connectivity index (χ3n) is 1.92. The molecule has 8 heteroatoms. The second kappa shape index (κ2) is 8.04. The Kier molecular flexibility index (Phi) is 7.53. The molecule has 0 aromatic carbocycles. The fourth-order valence-electron chi connectivity index (χ4n) is 1.11. The fourth-order valence-corrected chi connectivity index (χ4v) is 1.43. The van der Waals surface area contributed by atoms with Crippen LogP contribution in [0.3, 0.4) is 0 Å². The summed E-state index contributed by atoms with van der Waals surface area (Å²) >= 11 is 0. The largest absolute Gasteiger partial charge is 0.466 e. The van der Waals surface area contributed by atoms with Crippen LogP contribution >= 0.6 is 0 Å². The standard InChI is InChI=1S/C10H18O7S/c1-8(2)4-3-7-16-9(11)5-6-10(12)17-18(13,14)15/h8H,3-7H2,1-2H3,(H,13,14,15). The molecular formula is C10H18O7S. The Hall–Kier alpha value is -1.15. The molecule has 106 valence electrons. The Labute approximate surface area is 106 Å². The average Bonchev–Trinajstić information content (AvgIpc) is 2.19. The minimum Gasteiger partial charge on any atom is -0.466 e. The van der Waals surface area contributed by atoms with Gasteiger partial charge in [0.2, 0.25) is 0 Å². The molecule has 0 spiro atoms. The highest BCUT2D eigenvalue weighted by Gasteiger charge is 2.15. The van der Waals surface area contributed by atoms with Crippen LogP contribution in [0.2, 0.25) is 0 Å². The highest BCUT2D eigenvalue weighted by molar-refractivity contribution is 7.81. The van der Waals surface area contributed by atoms with Crippen LogP contribution in [0.25, 0.3) is 0 Å². The van der Waals surface area contributed by atoms with Crippen LogP contribution in [0.5, 0.6) is 0 Å². The average molecular weight is 282 g/mol. The SMILES string of the molecule is CC(C)CCCOC(=O)CCC(=O)OS(=O)(=O)O. The van der Waals surface area contributed by atoms with E-state index in [1.165, 1.54) is 0 Å². The van der Waals surface area contributed by atoms with Crippen LogP contribution in [-0.4, -0.2) is 31.5 Å². The first kappa shape index (κ1) is 16.9. The maximum absolute atomic E-state index is 11.1. The number of rotatable bonds is 8. The van der Waals surface area contributed by atoms with Gasteiger partial charge in [0.1, 0.15) is 0 Å². The molecule has 0 aliphatic heterocycles. The summed E-state index contributed by atoms with van der Waals surface area (Å²) in [5.41, 5.74) is 0. The molecule has 7 nitrogen and oxygen atoms in total. The molecule has 18 heavy (non-hydrogen) atoms. The topological polar surface area (TPSA) is 107 Å². The minimum atomic E-state index is -4.80. The number of ether oxygens (including phenoxy) is 1. The van der Waals surface area contributed by atoms with Gasteiger partial charge in [-0.3, -0.25) is 14.1 Å². The van der Waals surface area contributed by atoms with Crippen molar-refractivity contribution in [1.29, 1.82) is 0 Å². The van der Waals surface area contributed by atoms with Crippen LogP contribution in [-0.2, 0) is 28.9 Å². The van der Waals surface area contributed by atoms with E-state index >= 15 is 0 Å². The van der Waals surface area contributed by atoms with E-state index in [-0.39, 0.29) is 13.0 Å². The Morgan fingerprint density at radius 2 is 1.72 bits per heavy atom. The maximum Gasteiger partial charge on any atom is 0.448 e. The van der Waals surface area contributed by atoms with Crippen LogP contribution in [0.1, 0.15) is 39.5 Å². The molecule has 0 heterocycles. The molecular weight excluding hydrogens is 264 g/mol. The second-order valence-electron chi connectivity index (χ2n) is 4.14. The van der Waals surface area contributed by atoms with Gasteiger partial charge in [-0.2, -0.15) is 8.42 Å². The Bertz CT molecular complexity index is 372. The molecule has 0 aromatic heterocycles. The molecule has 0 rings (SSSR count). The number of esters is 1. The van der Waals surface area contributed by atoms with Gasteiger partial charge in [-0.25, -0.2) is 0 Å². The zero-order chi connectivity index (χ0) is 14.2. The monoisotopic (exact) mass is 282 g/mol. The molecule has 0 atom stereocenters. The van der Waals surface area contributed by atoms with E-state index in [0.29, 0.717) is 5.92 Å². The molecule has 0 saturated carbocycles. The lowest BCUT2D eigenvalue weighted by Crippen LogP contribution is -2.14. The first-order valence-corrected chi connectivity index (χ1v) is 6.92. The lowest BCUT2D eigenvalue weighted by Gasteiger charge is -2.06. The number of hydrogen-bond acceptors (Lipinski definition) is 6. The third kappa shape index (κ3) is 11.3. The van der Waals surface area contributed by atoms with Gasteiger partial charge in [0, 0.05) is 0 Å². The lowest BCUT2D eigenvalue weighted by molar-refractivity contribution is -0.147. The van der Waals surface area contributed by atoms with Gasteiger partial charge < -0.3 is 8.92 Å². The summed E-state index contributed by atoms with van der Waals surface area (Å²) in [4.78, 5) is 21.9. The fraction of sp³-hybridized carbons (Fsp3) is 0.800. The molecule has 0 aliphatic rings. The van der Waals surface area contributed by atoms with Crippen LogP contribution < -0.4 is 0 Å². The zero-order valence-electron chi connectivity index (χ0n) is 10.4. The summed E-state index contributed by atoms with van der Waals surface area (Å²) in [6, 6.07) is 0. The highest BCUT2D eigenvalue weighted by atomic mass is 32.3. The molecule has 0 saturated heterocycles. The van der Waals surface area contributed by atoms with Crippen molar-refractivity contribution in [1.82, 2.24) is 0 Å². The molecule has 0 amide bonds. The first-order valence-electron chi connectivity index (χ1n) is 5.56. The van der Waals surface area contributed by atoms with Crippen molar-refractivity contribution >= 4 is 22.3 Å². The zero-order valence-corrected chi connectivity index (χ0v) is 11.2. The number of carbonyl (C=O) groups is 2. The highest BCUT2D eigenvalue weighted by Crippen LogP contribution is 2.04. The van der Waals surface area contributed by atoms with Crippen molar-refractivity contribution in [2.75, 3.05) is 6.61 Å². The summed E-state index contributed by atoms with van der Waals surface area (Å²) in [6.07, 6.45) is 0.926. The summed E-state index contributed by atoms with van der Waals surface area (Å²) in [6.45, 7) is 4.37. The lowest BCUT2D eigenvalue weighted by atomic mass is 10.1. The molecule has 0 radical (unpaired) electrons. The summed E-state index contributed by atoms with van der Waals surface area (Å²) in [7, 11) is -4.80. The van der Waals surface area contributed by atoms with Gasteiger partial charge in [-0.15, -0.1) is 0 Å². The predicted octanol–water partition coefficient (Wildman–Crippen LogP) is 1.09. The van der Waals surface area contributed by atoms with E-state index in [2.05, 4.69) is 4.18 Å². The maximum atomic E-state index is 11.1. The molecule has 0 unspecified atom stereocenters. The molecule has 0 aliphatic carbocycles. The normalized spacial score (nSPS) is 11.3. The second-order valence-corrected chi connectivity index (χ2v) is 5.16. The molecule has 1 N–H and O–H groups in total. The van der Waals surface area contributed by atoms with Gasteiger partial charge in [-0.05, 0) is 18.8 Å². The van der Waals surface area contributed by atoms with E-state index in [0.717, 1.165) is 12.8 Å².